The van der Waals surface area contributed by atoms with Gasteiger partial charge in [0.2, 0.25) is 11.2 Å². The van der Waals surface area contributed by atoms with Crippen molar-refractivity contribution >= 4 is 24.0 Å². The van der Waals surface area contributed by atoms with Gasteiger partial charge in [0, 0.05) is 24.7 Å². The topological polar surface area (TPSA) is 47.0 Å². The monoisotopic (exact) mass is 249 g/mol. The molecule has 0 amide bonds. The van der Waals surface area contributed by atoms with Crippen molar-refractivity contribution < 1.29 is 4.74 Å². The van der Waals surface area contributed by atoms with Crippen molar-refractivity contribution in [3.8, 4) is 5.88 Å². The number of nitrogens with one attached hydrogen (secondary N) is 1. The van der Waals surface area contributed by atoms with Gasteiger partial charge in [-0.2, -0.15) is 4.98 Å². The molecule has 1 aliphatic rings. The molecule has 0 radical (unpaired) electrons. The molecule has 2 heterocycles. The molecule has 1 aromatic heterocycles. The van der Waals surface area contributed by atoms with Crippen molar-refractivity contribution in [1.29, 1.82) is 0 Å². The van der Waals surface area contributed by atoms with Gasteiger partial charge in [0.05, 0.1) is 6.61 Å². The minimum absolute atomic E-state index is 0. The molecule has 1 aliphatic heterocycles. The largest absolute Gasteiger partial charge is 0.477 e. The SMILES string of the molecule is Cl.Clc1nccc(OCC2CCNC2)n1. The summed E-state index contributed by atoms with van der Waals surface area (Å²) in [4.78, 5) is 7.73. The molecular formula is C9H13Cl2N3O. The molecule has 1 atom stereocenters. The maximum absolute atomic E-state index is 5.63. The van der Waals surface area contributed by atoms with E-state index in [0.29, 0.717) is 18.4 Å². The second kappa shape index (κ2) is 6.10. The maximum atomic E-state index is 5.63. The molecular weight excluding hydrogens is 237 g/mol. The van der Waals surface area contributed by atoms with Gasteiger partial charge in [-0.3, -0.25) is 0 Å². The lowest BCUT2D eigenvalue weighted by molar-refractivity contribution is 0.250. The molecule has 84 valence electrons. The molecule has 1 saturated heterocycles. The zero-order valence-electron chi connectivity index (χ0n) is 8.15. The Hall–Kier alpha value is -0.580. The van der Waals surface area contributed by atoms with Crippen LogP contribution in [0.3, 0.4) is 0 Å². The molecule has 0 saturated carbocycles. The highest BCUT2D eigenvalue weighted by molar-refractivity contribution is 6.28. The van der Waals surface area contributed by atoms with Crippen LogP contribution in [0.1, 0.15) is 6.42 Å². The van der Waals surface area contributed by atoms with Crippen molar-refractivity contribution in [2.24, 2.45) is 5.92 Å². The summed E-state index contributed by atoms with van der Waals surface area (Å²) in [7, 11) is 0. The Bertz CT molecular complexity index is 305. The zero-order chi connectivity index (χ0) is 9.80. The van der Waals surface area contributed by atoms with Gasteiger partial charge in [-0.05, 0) is 24.6 Å². The summed E-state index contributed by atoms with van der Waals surface area (Å²) in [5.41, 5.74) is 0. The normalized spacial score (nSPS) is 19.7. The standard InChI is InChI=1S/C9H12ClN3O.ClH/c10-9-12-4-2-8(13-9)14-6-7-1-3-11-5-7;/h2,4,7,11H,1,3,5-6H2;1H. The fraction of sp³-hybridized carbons (Fsp3) is 0.556. The van der Waals surface area contributed by atoms with Gasteiger partial charge in [0.15, 0.2) is 0 Å². The van der Waals surface area contributed by atoms with E-state index in [4.69, 9.17) is 16.3 Å². The fourth-order valence-electron chi connectivity index (χ4n) is 1.46. The summed E-state index contributed by atoms with van der Waals surface area (Å²) < 4.78 is 5.50. The summed E-state index contributed by atoms with van der Waals surface area (Å²) in [6, 6.07) is 1.72. The molecule has 0 spiro atoms. The number of nitrogens with zero attached hydrogens (tertiary/aromatic N) is 2. The number of ether oxygens (including phenoxy) is 1. The lowest BCUT2D eigenvalue weighted by atomic mass is 10.1. The van der Waals surface area contributed by atoms with Gasteiger partial charge in [-0.1, -0.05) is 0 Å². The van der Waals surface area contributed by atoms with Gasteiger partial charge in [0.25, 0.3) is 0 Å². The van der Waals surface area contributed by atoms with Crippen LogP contribution < -0.4 is 10.1 Å². The molecule has 0 aromatic carbocycles. The first-order valence-electron chi connectivity index (χ1n) is 4.66. The average molecular weight is 250 g/mol. The van der Waals surface area contributed by atoms with Crippen LogP contribution >= 0.6 is 24.0 Å². The van der Waals surface area contributed by atoms with E-state index in [-0.39, 0.29) is 17.7 Å². The molecule has 1 aromatic rings. The minimum Gasteiger partial charge on any atom is -0.477 e. The summed E-state index contributed by atoms with van der Waals surface area (Å²) in [6.45, 7) is 2.80. The van der Waals surface area contributed by atoms with Gasteiger partial charge in [0.1, 0.15) is 0 Å². The van der Waals surface area contributed by atoms with Crippen molar-refractivity contribution in [1.82, 2.24) is 15.3 Å². The van der Waals surface area contributed by atoms with Crippen molar-refractivity contribution in [2.45, 2.75) is 6.42 Å². The minimum atomic E-state index is 0. The molecule has 1 fully saturated rings. The summed E-state index contributed by atoms with van der Waals surface area (Å²) in [5, 5.41) is 3.51. The molecule has 0 aliphatic carbocycles. The third-order valence-corrected chi connectivity index (χ3v) is 2.41. The summed E-state index contributed by atoms with van der Waals surface area (Å²) >= 11 is 5.63. The lowest BCUT2D eigenvalue weighted by Gasteiger charge is -2.09. The molecule has 1 N–H and O–H groups in total. The Morgan fingerprint density at radius 1 is 1.60 bits per heavy atom. The number of aromatic nitrogens is 2. The predicted molar refractivity (Wildman–Crippen MR) is 60.8 cm³/mol. The Balaban J connectivity index is 0.00000112. The molecule has 2 rings (SSSR count). The lowest BCUT2D eigenvalue weighted by Crippen LogP contribution is -2.15. The van der Waals surface area contributed by atoms with Crippen molar-refractivity contribution in [3.05, 3.63) is 17.5 Å². The van der Waals surface area contributed by atoms with Crippen LogP contribution in [0.4, 0.5) is 0 Å². The zero-order valence-corrected chi connectivity index (χ0v) is 9.72. The van der Waals surface area contributed by atoms with Gasteiger partial charge in [-0.25, -0.2) is 4.98 Å². The quantitative estimate of drug-likeness (QED) is 0.826. The highest BCUT2D eigenvalue weighted by atomic mass is 35.5. The fourth-order valence-corrected chi connectivity index (χ4v) is 1.60. The van der Waals surface area contributed by atoms with E-state index < -0.39 is 0 Å². The summed E-state index contributed by atoms with van der Waals surface area (Å²) in [5.74, 6) is 1.14. The van der Waals surface area contributed by atoms with Crippen LogP contribution in [-0.2, 0) is 0 Å². The maximum Gasteiger partial charge on any atom is 0.225 e. The smallest absolute Gasteiger partial charge is 0.225 e. The Labute approximate surface area is 99.8 Å². The third-order valence-electron chi connectivity index (χ3n) is 2.23. The number of halogens is 2. The van der Waals surface area contributed by atoms with Crippen LogP contribution in [0, 0.1) is 5.92 Å². The van der Waals surface area contributed by atoms with E-state index in [1.165, 1.54) is 6.42 Å². The predicted octanol–water partition coefficient (Wildman–Crippen LogP) is 1.54. The van der Waals surface area contributed by atoms with E-state index in [0.717, 1.165) is 13.1 Å². The molecule has 4 nitrogen and oxygen atoms in total. The number of rotatable bonds is 3. The first kappa shape index (κ1) is 12.5. The first-order chi connectivity index (χ1) is 6.84. The van der Waals surface area contributed by atoms with E-state index in [9.17, 15) is 0 Å². The van der Waals surface area contributed by atoms with Crippen LogP contribution in [0.15, 0.2) is 12.3 Å². The van der Waals surface area contributed by atoms with E-state index in [1.54, 1.807) is 12.3 Å². The van der Waals surface area contributed by atoms with E-state index in [2.05, 4.69) is 15.3 Å². The highest BCUT2D eigenvalue weighted by Crippen LogP contribution is 2.12. The molecule has 1 unspecified atom stereocenters. The van der Waals surface area contributed by atoms with Crippen LogP contribution in [0.5, 0.6) is 5.88 Å². The third kappa shape index (κ3) is 3.81. The van der Waals surface area contributed by atoms with E-state index in [1.807, 2.05) is 0 Å². The summed E-state index contributed by atoms with van der Waals surface area (Å²) in [6.07, 6.45) is 2.76. The van der Waals surface area contributed by atoms with Crippen molar-refractivity contribution in [3.63, 3.8) is 0 Å². The average Bonchev–Trinajstić information content (AvgIpc) is 2.67. The van der Waals surface area contributed by atoms with Crippen LogP contribution in [0.2, 0.25) is 5.28 Å². The van der Waals surface area contributed by atoms with Crippen molar-refractivity contribution in [2.75, 3.05) is 19.7 Å². The number of hydrogen-bond donors (Lipinski definition) is 1. The van der Waals surface area contributed by atoms with Gasteiger partial charge in [-0.15, -0.1) is 12.4 Å². The van der Waals surface area contributed by atoms with Gasteiger partial charge < -0.3 is 10.1 Å². The number of hydrogen-bond acceptors (Lipinski definition) is 4. The highest BCUT2D eigenvalue weighted by Gasteiger charge is 2.15. The molecule has 6 heteroatoms. The Kier molecular flexibility index (Phi) is 5.08. The molecule has 15 heavy (non-hydrogen) atoms. The van der Waals surface area contributed by atoms with Crippen LogP contribution in [-0.4, -0.2) is 29.7 Å². The second-order valence-electron chi connectivity index (χ2n) is 3.33. The Morgan fingerprint density at radius 2 is 2.47 bits per heavy atom. The van der Waals surface area contributed by atoms with Crippen LogP contribution in [0.25, 0.3) is 0 Å². The second-order valence-corrected chi connectivity index (χ2v) is 3.67. The van der Waals surface area contributed by atoms with Gasteiger partial charge >= 0.3 is 0 Å². The van der Waals surface area contributed by atoms with E-state index >= 15 is 0 Å². The molecule has 0 bridgehead atoms. The first-order valence-corrected chi connectivity index (χ1v) is 5.04. The Morgan fingerprint density at radius 3 is 3.13 bits per heavy atom.